The smallest absolute Gasteiger partial charge is 0.222 e. The maximum atomic E-state index is 11.5. The highest BCUT2D eigenvalue weighted by atomic mass is 16.1. The molecule has 1 amide bonds. The second-order valence-corrected chi connectivity index (χ2v) is 4.51. The van der Waals surface area contributed by atoms with Crippen molar-refractivity contribution >= 4 is 5.91 Å². The Balaban J connectivity index is 1.77. The number of nitrogens with one attached hydrogen (secondary N) is 1. The van der Waals surface area contributed by atoms with Gasteiger partial charge in [-0.1, -0.05) is 12.1 Å². The average Bonchev–Trinajstić information content (AvgIpc) is 3.00. The number of carbonyl (C=O) groups is 1. The summed E-state index contributed by atoms with van der Waals surface area (Å²) in [6, 6.07) is 0.353. The molecule has 1 heterocycles. The van der Waals surface area contributed by atoms with E-state index in [1.54, 1.807) is 4.68 Å². The molecule has 3 N–H and O–H groups in total. The van der Waals surface area contributed by atoms with Gasteiger partial charge in [-0.2, -0.15) is 0 Å². The van der Waals surface area contributed by atoms with E-state index in [2.05, 4.69) is 15.6 Å². The van der Waals surface area contributed by atoms with Crippen LogP contribution in [0.15, 0.2) is 6.20 Å². The van der Waals surface area contributed by atoms with Gasteiger partial charge in [-0.3, -0.25) is 9.48 Å². The van der Waals surface area contributed by atoms with Crippen LogP contribution in [0.2, 0.25) is 0 Å². The van der Waals surface area contributed by atoms with Crippen molar-refractivity contribution in [2.45, 2.75) is 51.2 Å². The number of amides is 1. The van der Waals surface area contributed by atoms with Gasteiger partial charge in [0.1, 0.15) is 0 Å². The molecule has 1 atom stereocenters. The standard InChI is InChI=1S/C11H19N5O/c1-2-9(12)10-7-16(15-14-10)6-5-11(17)13-8-3-4-8/h7-9H,2-6,12H2,1H3,(H,13,17). The van der Waals surface area contributed by atoms with Gasteiger partial charge in [0.25, 0.3) is 0 Å². The zero-order valence-corrected chi connectivity index (χ0v) is 10.1. The number of nitrogens with two attached hydrogens (primary N) is 1. The van der Waals surface area contributed by atoms with Crippen molar-refractivity contribution in [3.05, 3.63) is 11.9 Å². The molecule has 2 rings (SSSR count). The minimum Gasteiger partial charge on any atom is -0.353 e. The summed E-state index contributed by atoms with van der Waals surface area (Å²) in [5.74, 6) is 0.0874. The van der Waals surface area contributed by atoms with E-state index in [-0.39, 0.29) is 11.9 Å². The maximum Gasteiger partial charge on any atom is 0.222 e. The van der Waals surface area contributed by atoms with Crippen molar-refractivity contribution in [1.29, 1.82) is 0 Å². The first-order valence-corrected chi connectivity index (χ1v) is 6.14. The molecular weight excluding hydrogens is 218 g/mol. The molecule has 6 nitrogen and oxygen atoms in total. The fraction of sp³-hybridized carbons (Fsp3) is 0.727. The first-order valence-electron chi connectivity index (χ1n) is 6.14. The number of aromatic nitrogens is 3. The zero-order chi connectivity index (χ0) is 12.3. The summed E-state index contributed by atoms with van der Waals surface area (Å²) in [5.41, 5.74) is 6.63. The Morgan fingerprint density at radius 2 is 2.47 bits per heavy atom. The second kappa shape index (κ2) is 5.27. The molecule has 1 aromatic heterocycles. The number of rotatable bonds is 6. The van der Waals surface area contributed by atoms with Gasteiger partial charge in [0, 0.05) is 12.5 Å². The molecule has 1 aromatic rings. The monoisotopic (exact) mass is 237 g/mol. The summed E-state index contributed by atoms with van der Waals surface area (Å²) in [6.07, 6.45) is 5.33. The highest BCUT2D eigenvalue weighted by Gasteiger charge is 2.22. The van der Waals surface area contributed by atoms with Crippen LogP contribution in [0.5, 0.6) is 0 Å². The fourth-order valence-corrected chi connectivity index (χ4v) is 1.55. The third-order valence-electron chi connectivity index (χ3n) is 2.89. The van der Waals surface area contributed by atoms with Gasteiger partial charge in [0.2, 0.25) is 5.91 Å². The highest BCUT2D eigenvalue weighted by Crippen LogP contribution is 2.18. The van der Waals surface area contributed by atoms with Crippen LogP contribution < -0.4 is 11.1 Å². The van der Waals surface area contributed by atoms with Gasteiger partial charge in [-0.05, 0) is 19.3 Å². The van der Waals surface area contributed by atoms with E-state index in [1.807, 2.05) is 13.1 Å². The molecule has 0 aliphatic heterocycles. The number of hydrogen-bond acceptors (Lipinski definition) is 4. The molecule has 0 radical (unpaired) electrons. The largest absolute Gasteiger partial charge is 0.353 e. The SMILES string of the molecule is CCC(N)c1cn(CCC(=O)NC2CC2)nn1. The van der Waals surface area contributed by atoms with E-state index < -0.39 is 0 Å². The third-order valence-corrected chi connectivity index (χ3v) is 2.89. The lowest BCUT2D eigenvalue weighted by Gasteiger charge is -2.03. The van der Waals surface area contributed by atoms with Gasteiger partial charge in [0.15, 0.2) is 0 Å². The molecule has 1 unspecified atom stereocenters. The van der Waals surface area contributed by atoms with Crippen molar-refractivity contribution in [2.24, 2.45) is 5.73 Å². The lowest BCUT2D eigenvalue weighted by molar-refractivity contribution is -0.121. The summed E-state index contributed by atoms with van der Waals surface area (Å²) in [7, 11) is 0. The molecule has 17 heavy (non-hydrogen) atoms. The molecule has 0 bridgehead atoms. The van der Waals surface area contributed by atoms with Crippen molar-refractivity contribution < 1.29 is 4.79 Å². The Morgan fingerprint density at radius 3 is 3.12 bits per heavy atom. The third kappa shape index (κ3) is 3.52. The summed E-state index contributed by atoms with van der Waals surface area (Å²) in [6.45, 7) is 2.56. The molecule has 6 heteroatoms. The summed E-state index contributed by atoms with van der Waals surface area (Å²) < 4.78 is 1.68. The Kier molecular flexibility index (Phi) is 3.73. The minimum absolute atomic E-state index is 0.0657. The van der Waals surface area contributed by atoms with Crippen LogP contribution in [-0.2, 0) is 11.3 Å². The normalized spacial score (nSPS) is 16.8. The Labute approximate surface area is 101 Å². The van der Waals surface area contributed by atoms with Crippen molar-refractivity contribution in [3.8, 4) is 0 Å². The predicted octanol–water partition coefficient (Wildman–Crippen LogP) is 0.357. The van der Waals surface area contributed by atoms with Crippen LogP contribution in [0, 0.1) is 0 Å². The summed E-state index contributed by atoms with van der Waals surface area (Å²) >= 11 is 0. The van der Waals surface area contributed by atoms with Crippen LogP contribution in [0.1, 0.15) is 44.3 Å². The number of aryl methyl sites for hydroxylation is 1. The highest BCUT2D eigenvalue weighted by molar-refractivity contribution is 5.76. The van der Waals surface area contributed by atoms with Gasteiger partial charge in [-0.15, -0.1) is 5.10 Å². The zero-order valence-electron chi connectivity index (χ0n) is 10.1. The molecule has 1 saturated carbocycles. The molecule has 94 valence electrons. The van der Waals surface area contributed by atoms with Crippen LogP contribution in [-0.4, -0.2) is 26.9 Å². The van der Waals surface area contributed by atoms with Gasteiger partial charge < -0.3 is 11.1 Å². The van der Waals surface area contributed by atoms with Crippen LogP contribution in [0.4, 0.5) is 0 Å². The summed E-state index contributed by atoms with van der Waals surface area (Å²) in [5, 5.41) is 10.9. The Bertz CT molecular complexity index is 385. The lowest BCUT2D eigenvalue weighted by Crippen LogP contribution is -2.26. The first kappa shape index (κ1) is 12.0. The first-order chi connectivity index (χ1) is 8.19. The summed E-state index contributed by atoms with van der Waals surface area (Å²) in [4.78, 5) is 11.5. The van der Waals surface area contributed by atoms with Gasteiger partial charge in [0.05, 0.1) is 24.5 Å². The molecule has 0 spiro atoms. The van der Waals surface area contributed by atoms with Crippen molar-refractivity contribution in [2.75, 3.05) is 0 Å². The molecule has 0 saturated heterocycles. The number of hydrogen-bond donors (Lipinski definition) is 2. The molecular formula is C11H19N5O. The van der Waals surface area contributed by atoms with Crippen LogP contribution in [0.3, 0.4) is 0 Å². The molecule has 1 aliphatic rings. The molecule has 0 aromatic carbocycles. The van der Waals surface area contributed by atoms with E-state index in [1.165, 1.54) is 0 Å². The van der Waals surface area contributed by atoms with Crippen molar-refractivity contribution in [1.82, 2.24) is 20.3 Å². The molecule has 1 fully saturated rings. The van der Waals surface area contributed by atoms with Crippen molar-refractivity contribution in [3.63, 3.8) is 0 Å². The maximum absolute atomic E-state index is 11.5. The van der Waals surface area contributed by atoms with Gasteiger partial charge in [-0.25, -0.2) is 0 Å². The predicted molar refractivity (Wildman–Crippen MR) is 63.0 cm³/mol. The number of nitrogens with zero attached hydrogens (tertiary/aromatic N) is 3. The van der Waals surface area contributed by atoms with Crippen LogP contribution in [0.25, 0.3) is 0 Å². The van der Waals surface area contributed by atoms with E-state index >= 15 is 0 Å². The topological polar surface area (TPSA) is 85.8 Å². The number of carbonyl (C=O) groups excluding carboxylic acids is 1. The molecule has 1 aliphatic carbocycles. The quantitative estimate of drug-likeness (QED) is 0.748. The van der Waals surface area contributed by atoms with Crippen LogP contribution >= 0.6 is 0 Å². The van der Waals surface area contributed by atoms with E-state index in [4.69, 9.17) is 5.73 Å². The Hall–Kier alpha value is -1.43. The minimum atomic E-state index is -0.0657. The van der Waals surface area contributed by atoms with E-state index in [9.17, 15) is 4.79 Å². The fourth-order valence-electron chi connectivity index (χ4n) is 1.55. The average molecular weight is 237 g/mol. The van der Waals surface area contributed by atoms with Gasteiger partial charge >= 0.3 is 0 Å². The second-order valence-electron chi connectivity index (χ2n) is 4.51. The van der Waals surface area contributed by atoms with E-state index in [0.29, 0.717) is 19.0 Å². The lowest BCUT2D eigenvalue weighted by atomic mass is 10.2. The van der Waals surface area contributed by atoms with E-state index in [0.717, 1.165) is 25.0 Å². The Morgan fingerprint density at radius 1 is 1.71 bits per heavy atom.